The summed E-state index contributed by atoms with van der Waals surface area (Å²) in [7, 11) is 0. The number of amides is 1. The van der Waals surface area contributed by atoms with Crippen LogP contribution in [0.15, 0.2) is 12.7 Å². The SMILES string of the molecule is C=CCC(C)NC(=O)C(C)CCl. The highest BCUT2D eigenvalue weighted by Crippen LogP contribution is 1.99. The van der Waals surface area contributed by atoms with Crippen molar-refractivity contribution in [2.24, 2.45) is 5.92 Å². The Morgan fingerprint density at radius 2 is 2.25 bits per heavy atom. The molecule has 0 spiro atoms. The molecule has 0 aliphatic carbocycles. The highest BCUT2D eigenvalue weighted by molar-refractivity contribution is 6.19. The number of rotatable bonds is 5. The normalized spacial score (nSPS) is 14.9. The fourth-order valence-electron chi connectivity index (χ4n) is 0.764. The highest BCUT2D eigenvalue weighted by Gasteiger charge is 2.12. The molecule has 2 unspecified atom stereocenters. The monoisotopic (exact) mass is 189 g/mol. The van der Waals surface area contributed by atoms with Crippen molar-refractivity contribution in [2.75, 3.05) is 5.88 Å². The lowest BCUT2D eigenvalue weighted by molar-refractivity contribution is -0.124. The maximum atomic E-state index is 11.2. The molecule has 1 N–H and O–H groups in total. The average Bonchev–Trinajstić information content (AvgIpc) is 2.03. The first-order valence-corrected chi connectivity index (χ1v) is 4.62. The van der Waals surface area contributed by atoms with E-state index in [4.69, 9.17) is 11.6 Å². The van der Waals surface area contributed by atoms with Crippen molar-refractivity contribution in [3.8, 4) is 0 Å². The number of carbonyl (C=O) groups excluding carboxylic acids is 1. The topological polar surface area (TPSA) is 29.1 Å². The van der Waals surface area contributed by atoms with Crippen LogP contribution in [0.4, 0.5) is 0 Å². The maximum absolute atomic E-state index is 11.2. The Bertz CT molecular complexity index is 159. The molecule has 3 heteroatoms. The third kappa shape index (κ3) is 4.39. The zero-order chi connectivity index (χ0) is 9.56. The summed E-state index contributed by atoms with van der Waals surface area (Å²) in [4.78, 5) is 11.2. The third-order valence-corrected chi connectivity index (χ3v) is 2.05. The molecular weight excluding hydrogens is 174 g/mol. The van der Waals surface area contributed by atoms with Crippen molar-refractivity contribution in [3.05, 3.63) is 12.7 Å². The van der Waals surface area contributed by atoms with Crippen molar-refractivity contribution in [2.45, 2.75) is 26.3 Å². The van der Waals surface area contributed by atoms with E-state index in [1.807, 2.05) is 13.8 Å². The molecule has 0 aliphatic rings. The summed E-state index contributed by atoms with van der Waals surface area (Å²) < 4.78 is 0. The molecule has 0 aromatic carbocycles. The van der Waals surface area contributed by atoms with Gasteiger partial charge in [-0.15, -0.1) is 18.2 Å². The molecule has 70 valence electrons. The summed E-state index contributed by atoms with van der Waals surface area (Å²) in [6, 6.07) is 0.153. The minimum atomic E-state index is -0.112. The Morgan fingerprint density at radius 1 is 1.67 bits per heavy atom. The summed E-state index contributed by atoms with van der Waals surface area (Å²) >= 11 is 5.53. The standard InChI is InChI=1S/C9H16ClNO/c1-4-5-8(3)11-9(12)7(2)6-10/h4,7-8H,1,5-6H2,2-3H3,(H,11,12). The third-order valence-electron chi connectivity index (χ3n) is 1.59. The summed E-state index contributed by atoms with van der Waals surface area (Å²) in [5, 5.41) is 2.84. The number of alkyl halides is 1. The van der Waals surface area contributed by atoms with Crippen LogP contribution in [-0.2, 0) is 4.79 Å². The molecule has 0 bridgehead atoms. The lowest BCUT2D eigenvalue weighted by Crippen LogP contribution is -2.36. The van der Waals surface area contributed by atoms with Crippen molar-refractivity contribution in [1.82, 2.24) is 5.32 Å². The van der Waals surface area contributed by atoms with Gasteiger partial charge < -0.3 is 5.32 Å². The van der Waals surface area contributed by atoms with Gasteiger partial charge in [-0.05, 0) is 13.3 Å². The molecule has 0 saturated heterocycles. The Balaban J connectivity index is 3.75. The van der Waals surface area contributed by atoms with Gasteiger partial charge in [0, 0.05) is 17.8 Å². The summed E-state index contributed by atoms with van der Waals surface area (Å²) in [5.74, 6) is 0.269. The molecule has 0 fully saturated rings. The van der Waals surface area contributed by atoms with E-state index in [0.717, 1.165) is 6.42 Å². The van der Waals surface area contributed by atoms with Gasteiger partial charge in [0.2, 0.25) is 5.91 Å². The average molecular weight is 190 g/mol. The van der Waals surface area contributed by atoms with Crippen LogP contribution in [0.3, 0.4) is 0 Å². The fourth-order valence-corrected chi connectivity index (χ4v) is 0.904. The van der Waals surface area contributed by atoms with Crippen LogP contribution >= 0.6 is 11.6 Å². The van der Waals surface area contributed by atoms with Crippen LogP contribution < -0.4 is 5.32 Å². The molecule has 0 radical (unpaired) electrons. The first kappa shape index (κ1) is 11.5. The summed E-state index contributed by atoms with van der Waals surface area (Å²) in [6.07, 6.45) is 2.58. The molecule has 0 aromatic heterocycles. The second-order valence-corrected chi connectivity index (χ2v) is 3.30. The predicted octanol–water partition coefficient (Wildman–Crippen LogP) is 1.94. The van der Waals surface area contributed by atoms with Crippen molar-refractivity contribution in [1.29, 1.82) is 0 Å². The van der Waals surface area contributed by atoms with Gasteiger partial charge in [0.05, 0.1) is 0 Å². The Kier molecular flexibility index (Phi) is 5.81. The molecule has 12 heavy (non-hydrogen) atoms. The molecule has 0 aromatic rings. The van der Waals surface area contributed by atoms with E-state index in [1.165, 1.54) is 0 Å². The van der Waals surface area contributed by atoms with Gasteiger partial charge in [-0.3, -0.25) is 4.79 Å². The van der Waals surface area contributed by atoms with E-state index in [1.54, 1.807) is 6.08 Å². The lowest BCUT2D eigenvalue weighted by atomic mass is 10.1. The van der Waals surface area contributed by atoms with Gasteiger partial charge in [-0.2, -0.15) is 0 Å². The lowest BCUT2D eigenvalue weighted by Gasteiger charge is -2.14. The molecule has 0 rings (SSSR count). The number of halogens is 1. The zero-order valence-corrected chi connectivity index (χ0v) is 8.40. The van der Waals surface area contributed by atoms with E-state index in [-0.39, 0.29) is 17.9 Å². The molecule has 0 aliphatic heterocycles. The number of hydrogen-bond donors (Lipinski definition) is 1. The second kappa shape index (κ2) is 6.06. The van der Waals surface area contributed by atoms with E-state index < -0.39 is 0 Å². The quantitative estimate of drug-likeness (QED) is 0.520. The largest absolute Gasteiger partial charge is 0.353 e. The predicted molar refractivity (Wildman–Crippen MR) is 52.3 cm³/mol. The number of hydrogen-bond acceptors (Lipinski definition) is 1. The molecular formula is C9H16ClNO. The van der Waals surface area contributed by atoms with E-state index in [2.05, 4.69) is 11.9 Å². The van der Waals surface area contributed by atoms with Crippen LogP contribution in [-0.4, -0.2) is 17.8 Å². The minimum absolute atomic E-state index is 0.0133. The first-order valence-electron chi connectivity index (χ1n) is 4.09. The van der Waals surface area contributed by atoms with Gasteiger partial charge in [-0.25, -0.2) is 0 Å². The van der Waals surface area contributed by atoms with Crippen LogP contribution in [0.1, 0.15) is 20.3 Å². The van der Waals surface area contributed by atoms with Crippen molar-refractivity contribution in [3.63, 3.8) is 0 Å². The summed E-state index contributed by atoms with van der Waals surface area (Å²) in [5.41, 5.74) is 0. The van der Waals surface area contributed by atoms with Crippen LogP contribution in [0, 0.1) is 5.92 Å². The smallest absolute Gasteiger partial charge is 0.224 e. The van der Waals surface area contributed by atoms with Gasteiger partial charge in [-0.1, -0.05) is 13.0 Å². The van der Waals surface area contributed by atoms with Gasteiger partial charge in [0.25, 0.3) is 0 Å². The maximum Gasteiger partial charge on any atom is 0.224 e. The fraction of sp³-hybridized carbons (Fsp3) is 0.667. The van der Waals surface area contributed by atoms with E-state index in [9.17, 15) is 4.79 Å². The van der Waals surface area contributed by atoms with Crippen LogP contribution in [0.25, 0.3) is 0 Å². The molecule has 0 saturated carbocycles. The van der Waals surface area contributed by atoms with E-state index >= 15 is 0 Å². The summed E-state index contributed by atoms with van der Waals surface area (Å²) in [6.45, 7) is 7.35. The van der Waals surface area contributed by atoms with Crippen LogP contribution in [0.2, 0.25) is 0 Å². The van der Waals surface area contributed by atoms with Crippen molar-refractivity contribution < 1.29 is 4.79 Å². The Morgan fingerprint density at radius 3 is 2.67 bits per heavy atom. The van der Waals surface area contributed by atoms with Gasteiger partial charge in [0.1, 0.15) is 0 Å². The molecule has 2 atom stereocenters. The van der Waals surface area contributed by atoms with Crippen LogP contribution in [0.5, 0.6) is 0 Å². The van der Waals surface area contributed by atoms with Gasteiger partial charge in [0.15, 0.2) is 0 Å². The Hall–Kier alpha value is -0.500. The number of carbonyl (C=O) groups is 1. The van der Waals surface area contributed by atoms with E-state index in [0.29, 0.717) is 5.88 Å². The first-order chi connectivity index (χ1) is 5.61. The molecule has 0 heterocycles. The minimum Gasteiger partial charge on any atom is -0.353 e. The number of nitrogens with one attached hydrogen (secondary N) is 1. The zero-order valence-electron chi connectivity index (χ0n) is 7.64. The second-order valence-electron chi connectivity index (χ2n) is 2.99. The highest BCUT2D eigenvalue weighted by atomic mass is 35.5. The van der Waals surface area contributed by atoms with Crippen molar-refractivity contribution >= 4 is 17.5 Å². The molecule has 1 amide bonds. The Labute approximate surface area is 79.0 Å². The van der Waals surface area contributed by atoms with Gasteiger partial charge >= 0.3 is 0 Å². The molecule has 2 nitrogen and oxygen atoms in total.